The Kier molecular flexibility index (Phi) is 5.64. The minimum Gasteiger partial charge on any atom is -0.457 e. The van der Waals surface area contributed by atoms with Gasteiger partial charge in [-0.25, -0.2) is 0 Å². The number of para-hydroxylation sites is 2. The molecule has 0 amide bonds. The summed E-state index contributed by atoms with van der Waals surface area (Å²) in [6, 6.07) is 19.5. The molecule has 6 heteroatoms. The Morgan fingerprint density at radius 1 is 0.833 bits per heavy atom. The van der Waals surface area contributed by atoms with Crippen molar-refractivity contribution in [1.29, 1.82) is 0 Å². The van der Waals surface area contributed by atoms with Crippen LogP contribution < -0.4 is 4.74 Å². The molecule has 0 atom stereocenters. The zero-order valence-electron chi connectivity index (χ0n) is 9.23. The lowest BCUT2D eigenvalue weighted by Gasteiger charge is -2.03. The molecule has 0 unspecified atom stereocenters. The number of rotatable bonds is 2. The summed E-state index contributed by atoms with van der Waals surface area (Å²) in [4.78, 5) is 0. The van der Waals surface area contributed by atoms with Gasteiger partial charge in [-0.2, -0.15) is 8.42 Å². The predicted octanol–water partition coefficient (Wildman–Crippen LogP) is 3.51. The van der Waals surface area contributed by atoms with Crippen molar-refractivity contribution in [3.8, 4) is 11.5 Å². The van der Waals surface area contributed by atoms with E-state index in [0.717, 1.165) is 11.5 Å². The minimum atomic E-state index is -4.19. The highest BCUT2D eigenvalue weighted by Crippen LogP contribution is 2.19. The molecule has 0 heterocycles. The van der Waals surface area contributed by atoms with Crippen LogP contribution in [0.3, 0.4) is 0 Å². The van der Waals surface area contributed by atoms with Crippen LogP contribution in [0.15, 0.2) is 60.7 Å². The Bertz CT molecular complexity index is 510. The SMILES string of the molecule is O=S(=O)(O)Cl.c1ccc(Oc2ccccc2)cc1. The highest BCUT2D eigenvalue weighted by molar-refractivity contribution is 8.09. The van der Waals surface area contributed by atoms with E-state index in [0.29, 0.717) is 0 Å². The summed E-state index contributed by atoms with van der Waals surface area (Å²) < 4.78 is 30.7. The molecular weight excluding hydrogens is 276 g/mol. The van der Waals surface area contributed by atoms with Crippen molar-refractivity contribution >= 4 is 20.0 Å². The van der Waals surface area contributed by atoms with Crippen molar-refractivity contribution in [2.45, 2.75) is 0 Å². The van der Waals surface area contributed by atoms with E-state index in [1.165, 1.54) is 0 Å². The van der Waals surface area contributed by atoms with Gasteiger partial charge in [-0.05, 0) is 24.3 Å². The molecule has 0 aliphatic carbocycles. The molecule has 0 fully saturated rings. The van der Waals surface area contributed by atoms with Crippen LogP contribution >= 0.6 is 10.7 Å². The monoisotopic (exact) mass is 286 g/mol. The van der Waals surface area contributed by atoms with Crippen LogP contribution in [0.2, 0.25) is 0 Å². The number of hydrogen-bond donors (Lipinski definition) is 1. The second kappa shape index (κ2) is 7.00. The topological polar surface area (TPSA) is 63.6 Å². The van der Waals surface area contributed by atoms with Gasteiger partial charge in [0, 0.05) is 10.7 Å². The van der Waals surface area contributed by atoms with Gasteiger partial charge >= 0.3 is 9.33 Å². The standard InChI is InChI=1S/C12H10O.ClHO3S/c1-3-7-11(8-4-1)13-12-9-5-2-6-10-12;1-5(2,3)4/h1-10H;(H,2,3,4). The summed E-state index contributed by atoms with van der Waals surface area (Å²) in [5.74, 6) is 1.74. The maximum absolute atomic E-state index is 8.95. The summed E-state index contributed by atoms with van der Waals surface area (Å²) >= 11 is 0. The van der Waals surface area contributed by atoms with Crippen LogP contribution in [0.4, 0.5) is 0 Å². The molecule has 0 bridgehead atoms. The fourth-order valence-corrected chi connectivity index (χ4v) is 1.11. The highest BCUT2D eigenvalue weighted by Gasteiger charge is 1.92. The minimum absolute atomic E-state index is 0.869. The van der Waals surface area contributed by atoms with E-state index in [2.05, 4.69) is 10.7 Å². The van der Waals surface area contributed by atoms with Gasteiger partial charge in [-0.3, -0.25) is 4.55 Å². The molecule has 0 aromatic heterocycles. The fourth-order valence-electron chi connectivity index (χ4n) is 1.11. The first-order valence-corrected chi connectivity index (χ1v) is 7.17. The Hall–Kier alpha value is -1.56. The van der Waals surface area contributed by atoms with Crippen molar-refractivity contribution in [2.75, 3.05) is 0 Å². The van der Waals surface area contributed by atoms with Gasteiger partial charge in [-0.1, -0.05) is 36.4 Å². The van der Waals surface area contributed by atoms with Gasteiger partial charge in [0.05, 0.1) is 0 Å². The van der Waals surface area contributed by atoms with Crippen LogP contribution in [0.5, 0.6) is 11.5 Å². The van der Waals surface area contributed by atoms with E-state index in [9.17, 15) is 0 Å². The largest absolute Gasteiger partial charge is 0.457 e. The molecule has 0 radical (unpaired) electrons. The first-order chi connectivity index (χ1) is 8.45. The summed E-state index contributed by atoms with van der Waals surface area (Å²) in [6.45, 7) is 0. The summed E-state index contributed by atoms with van der Waals surface area (Å²) in [5.41, 5.74) is 0. The van der Waals surface area contributed by atoms with Crippen molar-refractivity contribution in [2.24, 2.45) is 0 Å². The molecule has 0 aliphatic rings. The van der Waals surface area contributed by atoms with E-state index in [4.69, 9.17) is 17.7 Å². The van der Waals surface area contributed by atoms with Gasteiger partial charge < -0.3 is 4.74 Å². The van der Waals surface area contributed by atoms with Crippen molar-refractivity contribution in [3.05, 3.63) is 60.7 Å². The van der Waals surface area contributed by atoms with E-state index in [-0.39, 0.29) is 0 Å². The molecule has 2 rings (SSSR count). The maximum Gasteiger partial charge on any atom is 0.353 e. The maximum atomic E-state index is 8.95. The molecule has 96 valence electrons. The van der Waals surface area contributed by atoms with Crippen molar-refractivity contribution in [3.63, 3.8) is 0 Å². The Labute approximate surface area is 110 Å². The molecular formula is C12H11ClO4S. The van der Waals surface area contributed by atoms with Crippen LogP contribution in [-0.4, -0.2) is 13.0 Å². The van der Waals surface area contributed by atoms with Crippen LogP contribution in [0.1, 0.15) is 0 Å². The third kappa shape index (κ3) is 7.67. The van der Waals surface area contributed by atoms with Gasteiger partial charge in [0.15, 0.2) is 0 Å². The zero-order chi connectivity index (χ0) is 13.4. The van der Waals surface area contributed by atoms with Crippen LogP contribution in [-0.2, 0) is 9.33 Å². The van der Waals surface area contributed by atoms with E-state index >= 15 is 0 Å². The molecule has 18 heavy (non-hydrogen) atoms. The molecule has 2 aromatic rings. The van der Waals surface area contributed by atoms with E-state index in [1.807, 2.05) is 60.7 Å². The van der Waals surface area contributed by atoms with Crippen molar-refractivity contribution in [1.82, 2.24) is 0 Å². The summed E-state index contributed by atoms with van der Waals surface area (Å²) in [6.07, 6.45) is 0. The van der Waals surface area contributed by atoms with Gasteiger partial charge in [0.1, 0.15) is 11.5 Å². The Balaban J connectivity index is 0.000000280. The Morgan fingerprint density at radius 2 is 1.11 bits per heavy atom. The lowest BCUT2D eigenvalue weighted by atomic mass is 10.3. The van der Waals surface area contributed by atoms with Gasteiger partial charge in [0.2, 0.25) is 0 Å². The second-order valence-electron chi connectivity index (χ2n) is 3.14. The summed E-state index contributed by atoms with van der Waals surface area (Å²) in [5, 5.41) is 0. The number of benzene rings is 2. The van der Waals surface area contributed by atoms with E-state index in [1.54, 1.807) is 0 Å². The molecule has 0 aliphatic heterocycles. The average molecular weight is 287 g/mol. The smallest absolute Gasteiger partial charge is 0.353 e. The quantitative estimate of drug-likeness (QED) is 0.678. The zero-order valence-corrected chi connectivity index (χ0v) is 10.8. The number of halogens is 1. The molecule has 1 N–H and O–H groups in total. The Morgan fingerprint density at radius 3 is 1.39 bits per heavy atom. The lowest BCUT2D eigenvalue weighted by molar-refractivity contribution is 0.482. The number of hydrogen-bond acceptors (Lipinski definition) is 3. The fraction of sp³-hybridized carbons (Fsp3) is 0. The van der Waals surface area contributed by atoms with E-state index < -0.39 is 9.33 Å². The second-order valence-corrected chi connectivity index (χ2v) is 5.13. The summed E-state index contributed by atoms with van der Waals surface area (Å²) in [7, 11) is -0.137. The predicted molar refractivity (Wildman–Crippen MR) is 70.4 cm³/mol. The third-order valence-electron chi connectivity index (χ3n) is 1.72. The average Bonchev–Trinajstić information content (AvgIpc) is 2.29. The first-order valence-electron chi connectivity index (χ1n) is 4.90. The lowest BCUT2D eigenvalue weighted by Crippen LogP contribution is -1.81. The molecule has 4 nitrogen and oxygen atoms in total. The van der Waals surface area contributed by atoms with Gasteiger partial charge in [-0.15, -0.1) is 0 Å². The molecule has 0 saturated heterocycles. The van der Waals surface area contributed by atoms with Crippen LogP contribution in [0.25, 0.3) is 0 Å². The van der Waals surface area contributed by atoms with Gasteiger partial charge in [0.25, 0.3) is 0 Å². The number of ether oxygens (including phenoxy) is 1. The molecule has 2 aromatic carbocycles. The van der Waals surface area contributed by atoms with Crippen LogP contribution in [0, 0.1) is 0 Å². The third-order valence-corrected chi connectivity index (χ3v) is 1.72. The highest BCUT2D eigenvalue weighted by atomic mass is 35.7. The molecule has 0 saturated carbocycles. The normalized spacial score (nSPS) is 10.1. The van der Waals surface area contributed by atoms with Crippen molar-refractivity contribution < 1.29 is 17.7 Å². The molecule has 0 spiro atoms. The first kappa shape index (κ1) is 14.5.